The Hall–Kier alpha value is -2.41. The van der Waals surface area contributed by atoms with Crippen molar-refractivity contribution in [2.45, 2.75) is 46.2 Å². The van der Waals surface area contributed by atoms with Gasteiger partial charge in [-0.3, -0.25) is 10.1 Å². The van der Waals surface area contributed by atoms with Crippen molar-refractivity contribution in [3.8, 4) is 5.75 Å². The maximum Gasteiger partial charge on any atom is 0.262 e. The quantitative estimate of drug-likeness (QED) is 0.837. The number of anilines is 1. The van der Waals surface area contributed by atoms with Crippen LogP contribution in [0.3, 0.4) is 0 Å². The minimum Gasteiger partial charge on any atom is -0.482 e. The van der Waals surface area contributed by atoms with Gasteiger partial charge in [0.1, 0.15) is 5.75 Å². The summed E-state index contributed by atoms with van der Waals surface area (Å²) in [5, 5.41) is 14.5. The highest BCUT2D eigenvalue weighted by molar-refractivity contribution is 5.95. The lowest BCUT2D eigenvalue weighted by Crippen LogP contribution is -2.26. The Balaban J connectivity index is 1.67. The van der Waals surface area contributed by atoms with E-state index in [1.54, 1.807) is 0 Å². The van der Waals surface area contributed by atoms with Crippen molar-refractivity contribution in [1.82, 2.24) is 15.5 Å². The van der Waals surface area contributed by atoms with Gasteiger partial charge < -0.3 is 14.5 Å². The van der Waals surface area contributed by atoms with E-state index in [4.69, 9.17) is 9.15 Å². The molecule has 2 heterocycles. The van der Waals surface area contributed by atoms with Gasteiger partial charge in [0, 0.05) is 12.5 Å². The van der Waals surface area contributed by atoms with E-state index >= 15 is 0 Å². The summed E-state index contributed by atoms with van der Waals surface area (Å²) in [4.78, 5) is 11.5. The van der Waals surface area contributed by atoms with Gasteiger partial charge in [0.05, 0.1) is 11.7 Å². The highest BCUT2D eigenvalue weighted by Crippen LogP contribution is 2.31. The Morgan fingerprint density at radius 2 is 2.00 bits per heavy atom. The average molecular weight is 344 g/mol. The predicted octanol–water partition coefficient (Wildman–Crippen LogP) is 3.01. The van der Waals surface area contributed by atoms with Gasteiger partial charge in [-0.15, -0.1) is 10.2 Å². The molecule has 1 amide bonds. The van der Waals surface area contributed by atoms with E-state index in [2.05, 4.69) is 41.6 Å². The topological polar surface area (TPSA) is 89.3 Å². The zero-order valence-corrected chi connectivity index (χ0v) is 15.0. The van der Waals surface area contributed by atoms with Crippen LogP contribution in [0.2, 0.25) is 0 Å². The molecule has 1 aromatic heterocycles. The van der Waals surface area contributed by atoms with Gasteiger partial charge in [0.2, 0.25) is 11.8 Å². The Morgan fingerprint density at radius 3 is 2.76 bits per heavy atom. The monoisotopic (exact) mass is 344 g/mol. The molecule has 0 saturated carbocycles. The number of aromatic nitrogens is 2. The summed E-state index contributed by atoms with van der Waals surface area (Å²) < 4.78 is 11.1. The Bertz CT molecular complexity index is 757. The fourth-order valence-electron chi connectivity index (χ4n) is 2.79. The maximum atomic E-state index is 11.5. The molecule has 1 aromatic carbocycles. The van der Waals surface area contributed by atoms with Crippen molar-refractivity contribution in [3.63, 3.8) is 0 Å². The molecule has 25 heavy (non-hydrogen) atoms. The van der Waals surface area contributed by atoms with Crippen LogP contribution in [0.15, 0.2) is 22.6 Å². The molecule has 0 unspecified atom stereocenters. The van der Waals surface area contributed by atoms with E-state index in [9.17, 15) is 4.79 Å². The van der Waals surface area contributed by atoms with Crippen LogP contribution in [-0.4, -0.2) is 22.7 Å². The van der Waals surface area contributed by atoms with Gasteiger partial charge in [-0.2, -0.15) is 0 Å². The second kappa shape index (κ2) is 7.23. The van der Waals surface area contributed by atoms with Crippen molar-refractivity contribution in [3.05, 3.63) is 35.5 Å². The van der Waals surface area contributed by atoms with Crippen LogP contribution >= 0.6 is 0 Å². The Labute approximate surface area is 147 Å². The average Bonchev–Trinajstić information content (AvgIpc) is 3.01. The molecule has 1 aliphatic heterocycles. The van der Waals surface area contributed by atoms with Gasteiger partial charge in [-0.25, -0.2) is 0 Å². The molecule has 2 N–H and O–H groups in total. The summed E-state index contributed by atoms with van der Waals surface area (Å²) in [5.74, 6) is 2.28. The number of benzene rings is 1. The van der Waals surface area contributed by atoms with E-state index in [1.165, 1.54) is 0 Å². The van der Waals surface area contributed by atoms with Crippen LogP contribution in [0.25, 0.3) is 0 Å². The fraction of sp³-hybridized carbons (Fsp3) is 0.500. The van der Waals surface area contributed by atoms with E-state index in [0.717, 1.165) is 12.0 Å². The molecule has 3 rings (SSSR count). The predicted molar refractivity (Wildman–Crippen MR) is 93.4 cm³/mol. The standard InChI is InChI=1S/C18H24N4O3/c1-10(2)7-17-21-22-18(25-17)12(4)19-11(3)13-5-6-15-14(8-13)20-16(23)9-24-15/h5-6,8,10-12,19H,7,9H2,1-4H3,(H,20,23)/t11-,12+/m0/s1. The van der Waals surface area contributed by atoms with E-state index in [-0.39, 0.29) is 24.6 Å². The Morgan fingerprint density at radius 1 is 1.20 bits per heavy atom. The number of ether oxygens (including phenoxy) is 1. The summed E-state index contributed by atoms with van der Waals surface area (Å²) >= 11 is 0. The second-order valence-electron chi connectivity index (χ2n) is 6.83. The van der Waals surface area contributed by atoms with Crippen LogP contribution in [0.1, 0.15) is 57.1 Å². The highest BCUT2D eigenvalue weighted by Gasteiger charge is 2.20. The van der Waals surface area contributed by atoms with Crippen LogP contribution in [-0.2, 0) is 11.2 Å². The SMILES string of the molecule is CC(C)Cc1nnc([C@@H](C)N[C@@H](C)c2ccc3c(c2)NC(=O)CO3)o1. The number of hydrogen-bond acceptors (Lipinski definition) is 6. The molecule has 7 heteroatoms. The lowest BCUT2D eigenvalue weighted by Gasteiger charge is -2.22. The Kier molecular flexibility index (Phi) is 5.03. The second-order valence-corrected chi connectivity index (χ2v) is 6.83. The van der Waals surface area contributed by atoms with Crippen molar-refractivity contribution in [2.24, 2.45) is 5.92 Å². The van der Waals surface area contributed by atoms with Gasteiger partial charge in [0.15, 0.2) is 6.61 Å². The number of carbonyl (C=O) groups excluding carboxylic acids is 1. The first kappa shape index (κ1) is 17.4. The number of nitrogens with zero attached hydrogens (tertiary/aromatic N) is 2. The van der Waals surface area contributed by atoms with E-state index in [1.807, 2.05) is 25.1 Å². The van der Waals surface area contributed by atoms with E-state index in [0.29, 0.717) is 29.1 Å². The zero-order chi connectivity index (χ0) is 18.0. The molecule has 7 nitrogen and oxygen atoms in total. The minimum absolute atomic E-state index is 0.0413. The number of nitrogens with one attached hydrogen (secondary N) is 2. The molecule has 2 aromatic rings. The first-order chi connectivity index (χ1) is 11.9. The van der Waals surface area contributed by atoms with Gasteiger partial charge in [0.25, 0.3) is 5.91 Å². The molecule has 134 valence electrons. The lowest BCUT2D eigenvalue weighted by atomic mass is 10.1. The number of amides is 1. The number of fused-ring (bicyclic) bond motifs is 1. The molecule has 0 saturated heterocycles. The zero-order valence-electron chi connectivity index (χ0n) is 15.0. The van der Waals surface area contributed by atoms with E-state index < -0.39 is 0 Å². The largest absolute Gasteiger partial charge is 0.482 e. The van der Waals surface area contributed by atoms with Crippen LogP contribution in [0.4, 0.5) is 5.69 Å². The maximum absolute atomic E-state index is 11.5. The van der Waals surface area contributed by atoms with Crippen LogP contribution in [0, 0.1) is 5.92 Å². The summed E-state index contributed by atoms with van der Waals surface area (Å²) in [6.07, 6.45) is 0.778. The first-order valence-corrected chi connectivity index (χ1v) is 8.57. The summed E-state index contributed by atoms with van der Waals surface area (Å²) in [6, 6.07) is 5.75. The first-order valence-electron chi connectivity index (χ1n) is 8.57. The molecule has 2 atom stereocenters. The summed E-state index contributed by atoms with van der Waals surface area (Å²) in [6.45, 7) is 8.34. The molecular formula is C18H24N4O3. The van der Waals surface area contributed by atoms with Gasteiger partial charge in [-0.05, 0) is 37.5 Å². The van der Waals surface area contributed by atoms with Crippen molar-refractivity contribution in [2.75, 3.05) is 11.9 Å². The van der Waals surface area contributed by atoms with Gasteiger partial charge >= 0.3 is 0 Å². The number of hydrogen-bond donors (Lipinski definition) is 2. The number of rotatable bonds is 6. The smallest absolute Gasteiger partial charge is 0.262 e. The summed E-state index contributed by atoms with van der Waals surface area (Å²) in [7, 11) is 0. The summed E-state index contributed by atoms with van der Waals surface area (Å²) in [5.41, 5.74) is 1.74. The van der Waals surface area contributed by atoms with Crippen LogP contribution in [0.5, 0.6) is 5.75 Å². The molecule has 0 fully saturated rings. The molecule has 0 spiro atoms. The van der Waals surface area contributed by atoms with Crippen molar-refractivity contribution < 1.29 is 13.9 Å². The molecule has 0 radical (unpaired) electrons. The lowest BCUT2D eigenvalue weighted by molar-refractivity contribution is -0.118. The molecule has 0 aliphatic carbocycles. The van der Waals surface area contributed by atoms with Crippen LogP contribution < -0.4 is 15.4 Å². The number of carbonyl (C=O) groups is 1. The third-order valence-electron chi connectivity index (χ3n) is 4.07. The highest BCUT2D eigenvalue weighted by atomic mass is 16.5. The van der Waals surface area contributed by atoms with Gasteiger partial charge in [-0.1, -0.05) is 19.9 Å². The third kappa shape index (κ3) is 4.17. The molecule has 0 bridgehead atoms. The fourth-order valence-corrected chi connectivity index (χ4v) is 2.79. The molecular weight excluding hydrogens is 320 g/mol. The normalized spacial score (nSPS) is 16.1. The van der Waals surface area contributed by atoms with Crippen molar-refractivity contribution in [1.29, 1.82) is 0 Å². The minimum atomic E-state index is -0.137. The third-order valence-corrected chi connectivity index (χ3v) is 4.07. The molecule has 1 aliphatic rings. The van der Waals surface area contributed by atoms with Crippen molar-refractivity contribution >= 4 is 11.6 Å².